The molecule has 0 unspecified atom stereocenters. The van der Waals surface area contributed by atoms with Gasteiger partial charge in [-0.2, -0.15) is 31.4 Å². The summed E-state index contributed by atoms with van der Waals surface area (Å²) in [7, 11) is -3.37. The molecule has 13 heteroatoms. The minimum atomic E-state index is -5.76. The van der Waals surface area contributed by atoms with Crippen LogP contribution in [0.5, 0.6) is 0 Å². The quantitative estimate of drug-likeness (QED) is 0.293. The molecule has 0 saturated heterocycles. The molecule has 0 radical (unpaired) electrons. The molecule has 1 N–H and O–H groups in total. The summed E-state index contributed by atoms with van der Waals surface area (Å²) in [4.78, 5) is 12.2. The van der Waals surface area contributed by atoms with Gasteiger partial charge in [0, 0.05) is 11.3 Å². The number of carbonyl (C=O) groups is 1. The first-order valence-electron chi connectivity index (χ1n) is 10.5. The Hall–Kier alpha value is -2.18. The Kier molecular flexibility index (Phi) is 8.76. The van der Waals surface area contributed by atoms with Crippen molar-refractivity contribution in [3.8, 4) is 0 Å². The topological polar surface area (TPSA) is 64.1 Å². The van der Waals surface area contributed by atoms with Gasteiger partial charge < -0.3 is 9.74 Å². The number of hydrogen-bond acceptors (Lipinski definition) is 4. The minimum absolute atomic E-state index is 0.0129. The summed E-state index contributed by atoms with van der Waals surface area (Å²) in [6.45, 7) is 4.63. The molecule has 0 atom stereocenters. The van der Waals surface area contributed by atoms with Crippen molar-refractivity contribution < 1.29 is 35.6 Å². The van der Waals surface area contributed by atoms with Crippen LogP contribution in [0.4, 0.5) is 32.0 Å². The molecule has 34 heavy (non-hydrogen) atoms. The number of hydrogen-bond donors (Lipinski definition) is 1. The first-order valence-corrected chi connectivity index (χ1v) is 13.4. The van der Waals surface area contributed by atoms with E-state index in [2.05, 4.69) is 15.5 Å². The van der Waals surface area contributed by atoms with Gasteiger partial charge in [-0.1, -0.05) is 44.5 Å². The number of nitrogens with one attached hydrogen (secondary N) is 1. The van der Waals surface area contributed by atoms with Crippen LogP contribution in [0, 0.1) is 0 Å². The van der Waals surface area contributed by atoms with Crippen LogP contribution in [0.15, 0.2) is 36.4 Å². The fourth-order valence-electron chi connectivity index (χ4n) is 3.55. The molecule has 188 valence electrons. The third-order valence-electron chi connectivity index (χ3n) is 5.71. The number of amides is 1. The van der Waals surface area contributed by atoms with Gasteiger partial charge in [0.25, 0.3) is 5.60 Å². The van der Waals surface area contributed by atoms with Crippen LogP contribution in [-0.2, 0) is 21.2 Å². The van der Waals surface area contributed by atoms with Gasteiger partial charge in [0.05, 0.1) is 12.1 Å². The number of rotatable bonds is 9. The predicted molar refractivity (Wildman–Crippen MR) is 118 cm³/mol. The molecule has 2 aromatic rings. The number of aromatic nitrogens is 2. The van der Waals surface area contributed by atoms with Crippen LogP contribution in [0.1, 0.15) is 32.0 Å². The SMILES string of the molecule is CC[Si](CC)(CC)OC(c1ccc(NC(=O)Cc2ccc(Cl)nn2)cc1)(C(F)(F)F)C(F)(F)F. The second-order valence-electron chi connectivity index (χ2n) is 7.67. The predicted octanol–water partition coefficient (Wildman–Crippen LogP) is 6.65. The van der Waals surface area contributed by atoms with Crippen LogP contribution >= 0.6 is 11.6 Å². The zero-order valence-corrected chi connectivity index (χ0v) is 20.4. The Balaban J connectivity index is 2.40. The molecule has 0 spiro atoms. The van der Waals surface area contributed by atoms with Crippen LogP contribution < -0.4 is 5.32 Å². The summed E-state index contributed by atoms with van der Waals surface area (Å²) in [5.41, 5.74) is -5.28. The third kappa shape index (κ3) is 5.89. The smallest absolute Gasteiger partial charge is 0.393 e. The molecule has 1 amide bonds. The summed E-state index contributed by atoms with van der Waals surface area (Å²) in [6.07, 6.45) is -11.7. The van der Waals surface area contributed by atoms with E-state index in [1.54, 1.807) is 20.8 Å². The van der Waals surface area contributed by atoms with Gasteiger partial charge in [0.15, 0.2) is 13.5 Å². The summed E-state index contributed by atoms with van der Waals surface area (Å²) >= 11 is 5.62. The van der Waals surface area contributed by atoms with Crippen LogP contribution in [-0.4, -0.2) is 36.8 Å². The van der Waals surface area contributed by atoms with Gasteiger partial charge in [-0.3, -0.25) is 4.79 Å². The maximum Gasteiger partial charge on any atom is 0.429 e. The summed E-state index contributed by atoms with van der Waals surface area (Å²) in [5, 5.41) is 9.83. The average molecular weight is 528 g/mol. The van der Waals surface area contributed by atoms with Crippen molar-refractivity contribution in [1.82, 2.24) is 10.2 Å². The summed E-state index contributed by atoms with van der Waals surface area (Å²) < 4.78 is 90.2. The second-order valence-corrected chi connectivity index (χ2v) is 12.8. The lowest BCUT2D eigenvalue weighted by Crippen LogP contribution is -2.61. The minimum Gasteiger partial charge on any atom is -0.393 e. The number of nitrogens with zero attached hydrogens (tertiary/aromatic N) is 2. The Morgan fingerprint density at radius 2 is 1.44 bits per heavy atom. The van der Waals surface area contributed by atoms with Gasteiger partial charge in [-0.15, -0.1) is 5.10 Å². The molecular weight excluding hydrogens is 504 g/mol. The van der Waals surface area contributed by atoms with Crippen LogP contribution in [0.25, 0.3) is 0 Å². The standard InChI is InChI=1S/C21H24ClF6N3O2Si/c1-4-34(5-2,6-3)33-19(20(23,24)25,21(26,27)28)14-7-9-15(10-8-14)29-18(32)13-16-11-12-17(22)31-30-16/h7-12H,4-6,13H2,1-3H3,(H,29,32). The van der Waals surface area contributed by atoms with Crippen molar-refractivity contribution in [3.63, 3.8) is 0 Å². The van der Waals surface area contributed by atoms with Crippen LogP contribution in [0.2, 0.25) is 23.3 Å². The van der Waals surface area contributed by atoms with Gasteiger partial charge in [0.1, 0.15) is 0 Å². The maximum atomic E-state index is 14.2. The highest BCUT2D eigenvalue weighted by Crippen LogP contribution is 2.55. The van der Waals surface area contributed by atoms with E-state index < -0.39 is 37.7 Å². The molecule has 1 aromatic heterocycles. The van der Waals surface area contributed by atoms with Gasteiger partial charge in [-0.25, -0.2) is 0 Å². The molecule has 2 rings (SSSR count). The molecule has 0 aliphatic carbocycles. The lowest BCUT2D eigenvalue weighted by Gasteiger charge is -2.44. The molecule has 0 saturated carbocycles. The zero-order valence-electron chi connectivity index (χ0n) is 18.6. The first-order chi connectivity index (χ1) is 15.7. The molecule has 0 bridgehead atoms. The number of anilines is 1. The highest BCUT2D eigenvalue weighted by atomic mass is 35.5. The molecule has 5 nitrogen and oxygen atoms in total. The lowest BCUT2D eigenvalue weighted by molar-refractivity contribution is -0.369. The maximum absolute atomic E-state index is 14.2. The fraction of sp³-hybridized carbons (Fsp3) is 0.476. The van der Waals surface area contributed by atoms with E-state index in [4.69, 9.17) is 16.0 Å². The third-order valence-corrected chi connectivity index (χ3v) is 10.5. The van der Waals surface area contributed by atoms with Crippen molar-refractivity contribution in [1.29, 1.82) is 0 Å². The van der Waals surface area contributed by atoms with Crippen molar-refractivity contribution in [2.75, 3.05) is 5.32 Å². The highest BCUT2D eigenvalue weighted by Gasteiger charge is 2.74. The summed E-state index contributed by atoms with van der Waals surface area (Å²) in [5.74, 6) is -0.590. The van der Waals surface area contributed by atoms with Gasteiger partial charge in [0.2, 0.25) is 5.91 Å². The molecule has 0 aliphatic rings. The zero-order chi connectivity index (χ0) is 25.8. The number of alkyl halides is 6. The van der Waals surface area contributed by atoms with Gasteiger partial charge >= 0.3 is 12.4 Å². The van der Waals surface area contributed by atoms with E-state index in [1.165, 1.54) is 12.1 Å². The number of benzene rings is 1. The van der Waals surface area contributed by atoms with Crippen molar-refractivity contribution in [2.45, 2.75) is 63.3 Å². The Morgan fingerprint density at radius 1 is 0.912 bits per heavy atom. The van der Waals surface area contributed by atoms with Crippen LogP contribution in [0.3, 0.4) is 0 Å². The largest absolute Gasteiger partial charge is 0.429 e. The lowest BCUT2D eigenvalue weighted by atomic mass is 9.92. The van der Waals surface area contributed by atoms with Crippen molar-refractivity contribution >= 4 is 31.5 Å². The Bertz CT molecular complexity index is 942. The number of carbonyl (C=O) groups excluding carboxylic acids is 1. The van der Waals surface area contributed by atoms with E-state index >= 15 is 0 Å². The second kappa shape index (κ2) is 10.6. The monoisotopic (exact) mass is 527 g/mol. The van der Waals surface area contributed by atoms with Crippen molar-refractivity contribution in [3.05, 3.63) is 52.8 Å². The average Bonchev–Trinajstić information content (AvgIpc) is 2.76. The summed E-state index contributed by atoms with van der Waals surface area (Å²) in [6, 6.07) is 6.47. The Morgan fingerprint density at radius 3 is 1.85 bits per heavy atom. The van der Waals surface area contributed by atoms with Crippen molar-refractivity contribution in [2.24, 2.45) is 0 Å². The molecule has 0 fully saturated rings. The highest BCUT2D eigenvalue weighted by molar-refractivity contribution is 6.73. The van der Waals surface area contributed by atoms with Gasteiger partial charge in [-0.05, 0) is 42.4 Å². The Labute approximate surface area is 199 Å². The molecule has 1 heterocycles. The first kappa shape index (κ1) is 28.1. The number of halogens is 7. The van der Waals surface area contributed by atoms with E-state index in [0.717, 1.165) is 12.1 Å². The van der Waals surface area contributed by atoms with E-state index in [-0.39, 0.29) is 41.1 Å². The van der Waals surface area contributed by atoms with E-state index in [0.29, 0.717) is 12.1 Å². The van der Waals surface area contributed by atoms with E-state index in [1.807, 2.05) is 0 Å². The fourth-order valence-corrected chi connectivity index (χ4v) is 6.58. The molecule has 0 aliphatic heterocycles. The molecular formula is C21H24ClF6N3O2Si. The molecule has 1 aromatic carbocycles. The normalized spacial score (nSPS) is 13.1. The van der Waals surface area contributed by atoms with E-state index in [9.17, 15) is 31.1 Å².